The van der Waals surface area contributed by atoms with Crippen molar-refractivity contribution in [2.75, 3.05) is 9.80 Å². The molecule has 3 nitrogen and oxygen atoms in total. The highest BCUT2D eigenvalue weighted by Gasteiger charge is 2.21. The summed E-state index contributed by atoms with van der Waals surface area (Å²) in [6.07, 6.45) is 0. The molecule has 0 N–H and O–H groups in total. The molecule has 1 aromatic heterocycles. The lowest BCUT2D eigenvalue weighted by Gasteiger charge is -2.28. The first kappa shape index (κ1) is 40.6. The predicted molar refractivity (Wildman–Crippen MR) is 289 cm³/mol. The van der Waals surface area contributed by atoms with Gasteiger partial charge in [-0.2, -0.15) is 0 Å². The SMILES string of the molecule is Cc1ccc(N(c2ccc3c(c2)c2ccccc2n3-c2ccccc2)c2ccc(-c3ccc(N(c4ccc(-c5ccccc5)cc4)c4cccc(-c5ccccc5)c4)cc3)c3ccccc23)cc1. The molecule has 12 rings (SSSR count). The van der Waals surface area contributed by atoms with Gasteiger partial charge < -0.3 is 14.4 Å². The molecule has 0 saturated carbocycles. The van der Waals surface area contributed by atoms with Gasteiger partial charge in [0.1, 0.15) is 0 Å². The molecule has 0 spiro atoms. The fourth-order valence-corrected chi connectivity index (χ4v) is 9.93. The number of hydrogen-bond acceptors (Lipinski definition) is 2. The second kappa shape index (κ2) is 17.5. The Kier molecular flexibility index (Phi) is 10.4. The Balaban J connectivity index is 0.959. The third kappa shape index (κ3) is 7.46. The van der Waals surface area contributed by atoms with Crippen LogP contribution in [0.3, 0.4) is 0 Å². The first-order chi connectivity index (χ1) is 33.6. The van der Waals surface area contributed by atoms with E-state index in [1.165, 1.54) is 66.0 Å². The second-order valence-electron chi connectivity index (χ2n) is 17.4. The molecule has 3 heteroatoms. The number of rotatable bonds is 10. The number of anilines is 6. The number of fused-ring (bicyclic) bond motifs is 4. The fourth-order valence-electron chi connectivity index (χ4n) is 9.93. The summed E-state index contributed by atoms with van der Waals surface area (Å²) in [6, 6.07) is 96.7. The van der Waals surface area contributed by atoms with Gasteiger partial charge in [0.15, 0.2) is 0 Å². The zero-order valence-corrected chi connectivity index (χ0v) is 37.7. The smallest absolute Gasteiger partial charge is 0.0542 e. The average molecular weight is 870 g/mol. The van der Waals surface area contributed by atoms with Crippen LogP contribution in [0.5, 0.6) is 0 Å². The van der Waals surface area contributed by atoms with Gasteiger partial charge in [-0.1, -0.05) is 181 Å². The highest BCUT2D eigenvalue weighted by atomic mass is 15.1. The molecule has 0 amide bonds. The van der Waals surface area contributed by atoms with E-state index in [0.717, 1.165) is 45.4 Å². The first-order valence-electron chi connectivity index (χ1n) is 23.3. The number of para-hydroxylation sites is 2. The maximum Gasteiger partial charge on any atom is 0.0542 e. The fraction of sp³-hybridized carbons (Fsp3) is 0.0154. The van der Waals surface area contributed by atoms with E-state index in [1.807, 2.05) is 0 Å². The summed E-state index contributed by atoms with van der Waals surface area (Å²) in [4.78, 5) is 4.78. The summed E-state index contributed by atoms with van der Waals surface area (Å²) in [5, 5.41) is 4.82. The molecule has 0 radical (unpaired) electrons. The van der Waals surface area contributed by atoms with Gasteiger partial charge >= 0.3 is 0 Å². The molecular formula is C65H47N3. The van der Waals surface area contributed by atoms with Crippen LogP contribution < -0.4 is 9.80 Å². The molecular weight excluding hydrogens is 823 g/mol. The van der Waals surface area contributed by atoms with Crippen molar-refractivity contribution in [3.05, 3.63) is 272 Å². The van der Waals surface area contributed by atoms with Crippen molar-refractivity contribution in [2.45, 2.75) is 6.92 Å². The van der Waals surface area contributed by atoms with Crippen molar-refractivity contribution in [2.24, 2.45) is 0 Å². The summed E-state index contributed by atoms with van der Waals surface area (Å²) >= 11 is 0. The first-order valence-corrected chi connectivity index (χ1v) is 23.3. The lowest BCUT2D eigenvalue weighted by Crippen LogP contribution is -2.11. The van der Waals surface area contributed by atoms with Gasteiger partial charge in [0.2, 0.25) is 0 Å². The van der Waals surface area contributed by atoms with Gasteiger partial charge in [0, 0.05) is 50.3 Å². The normalized spacial score (nSPS) is 11.3. The molecule has 11 aromatic carbocycles. The molecule has 0 atom stereocenters. The van der Waals surface area contributed by atoms with Crippen LogP contribution >= 0.6 is 0 Å². The van der Waals surface area contributed by atoms with Crippen LogP contribution in [-0.4, -0.2) is 4.57 Å². The Labute approximate surface area is 397 Å². The van der Waals surface area contributed by atoms with Crippen LogP contribution in [0.2, 0.25) is 0 Å². The largest absolute Gasteiger partial charge is 0.310 e. The van der Waals surface area contributed by atoms with Crippen LogP contribution in [-0.2, 0) is 0 Å². The quantitative estimate of drug-likeness (QED) is 0.136. The van der Waals surface area contributed by atoms with Crippen molar-refractivity contribution in [3.63, 3.8) is 0 Å². The minimum atomic E-state index is 1.09. The maximum atomic E-state index is 2.42. The van der Waals surface area contributed by atoms with Gasteiger partial charge in [-0.25, -0.2) is 0 Å². The zero-order chi connectivity index (χ0) is 45.4. The van der Waals surface area contributed by atoms with Crippen molar-refractivity contribution in [1.82, 2.24) is 4.57 Å². The van der Waals surface area contributed by atoms with Crippen molar-refractivity contribution in [1.29, 1.82) is 0 Å². The van der Waals surface area contributed by atoms with E-state index in [4.69, 9.17) is 0 Å². The average Bonchev–Trinajstić information content (AvgIpc) is 3.74. The van der Waals surface area contributed by atoms with Gasteiger partial charge in [0.25, 0.3) is 0 Å². The number of hydrogen-bond donors (Lipinski definition) is 0. The lowest BCUT2D eigenvalue weighted by atomic mass is 9.96. The molecule has 68 heavy (non-hydrogen) atoms. The zero-order valence-electron chi connectivity index (χ0n) is 37.7. The van der Waals surface area contributed by atoms with Crippen LogP contribution in [0.1, 0.15) is 5.56 Å². The van der Waals surface area contributed by atoms with Crippen LogP contribution in [0.15, 0.2) is 267 Å². The number of aromatic nitrogens is 1. The minimum absolute atomic E-state index is 1.09. The molecule has 0 bridgehead atoms. The van der Waals surface area contributed by atoms with E-state index in [0.29, 0.717) is 0 Å². The molecule has 0 aliphatic rings. The van der Waals surface area contributed by atoms with E-state index < -0.39 is 0 Å². The van der Waals surface area contributed by atoms with Crippen LogP contribution in [0.25, 0.3) is 71.6 Å². The molecule has 0 aliphatic heterocycles. The van der Waals surface area contributed by atoms with E-state index in [9.17, 15) is 0 Å². The molecule has 0 saturated heterocycles. The highest BCUT2D eigenvalue weighted by molar-refractivity contribution is 6.12. The Hall–Kier alpha value is -8.92. The minimum Gasteiger partial charge on any atom is -0.310 e. The Morgan fingerprint density at radius 2 is 0.765 bits per heavy atom. The Morgan fingerprint density at radius 1 is 0.279 bits per heavy atom. The van der Waals surface area contributed by atoms with E-state index in [2.05, 4.69) is 288 Å². The topological polar surface area (TPSA) is 11.4 Å². The third-order valence-corrected chi connectivity index (χ3v) is 13.2. The molecule has 12 aromatic rings. The lowest BCUT2D eigenvalue weighted by molar-refractivity contribution is 1.18. The van der Waals surface area contributed by atoms with Crippen LogP contribution in [0.4, 0.5) is 34.1 Å². The number of benzene rings is 11. The van der Waals surface area contributed by atoms with Gasteiger partial charge in [-0.3, -0.25) is 0 Å². The number of aryl methyl sites for hydroxylation is 1. The molecule has 0 fully saturated rings. The molecule has 0 aliphatic carbocycles. The molecule has 322 valence electrons. The Morgan fingerprint density at radius 3 is 1.46 bits per heavy atom. The number of nitrogens with zero attached hydrogens (tertiary/aromatic N) is 3. The van der Waals surface area contributed by atoms with Crippen LogP contribution in [0, 0.1) is 6.92 Å². The standard InChI is InChI=1S/C65H47N3/c1-46-28-34-55(35-29-46)67(57-40-42-65-62(45-57)61-26-13-14-27-63(61)68(65)52-21-9-4-10-22-52)64-43-41-58(59-24-11-12-25-60(59)64)50-32-38-54(39-33-50)66(53-36-30-49(31-37-53)47-16-5-2-6-17-47)56-23-15-20-51(44-56)48-18-7-3-8-19-48/h2-45H,1H3. The van der Waals surface area contributed by atoms with Gasteiger partial charge in [-0.15, -0.1) is 0 Å². The summed E-state index contributed by atoms with van der Waals surface area (Å²) in [5.41, 5.74) is 18.5. The Bertz CT molecular complexity index is 3710. The predicted octanol–water partition coefficient (Wildman–Crippen LogP) is 18.2. The highest BCUT2D eigenvalue weighted by Crippen LogP contribution is 2.45. The van der Waals surface area contributed by atoms with Gasteiger partial charge in [0.05, 0.1) is 16.7 Å². The van der Waals surface area contributed by atoms with E-state index >= 15 is 0 Å². The summed E-state index contributed by atoms with van der Waals surface area (Å²) in [7, 11) is 0. The van der Waals surface area contributed by atoms with Crippen molar-refractivity contribution in [3.8, 4) is 39.1 Å². The summed E-state index contributed by atoms with van der Waals surface area (Å²) in [5.74, 6) is 0. The monoisotopic (exact) mass is 869 g/mol. The van der Waals surface area contributed by atoms with Crippen molar-refractivity contribution < 1.29 is 0 Å². The summed E-state index contributed by atoms with van der Waals surface area (Å²) in [6.45, 7) is 2.15. The molecule has 0 unspecified atom stereocenters. The van der Waals surface area contributed by atoms with Crippen molar-refractivity contribution >= 4 is 66.7 Å². The molecule has 1 heterocycles. The van der Waals surface area contributed by atoms with E-state index in [-0.39, 0.29) is 0 Å². The van der Waals surface area contributed by atoms with Gasteiger partial charge in [-0.05, 0) is 137 Å². The van der Waals surface area contributed by atoms with E-state index in [1.54, 1.807) is 0 Å². The third-order valence-electron chi connectivity index (χ3n) is 13.2. The second-order valence-corrected chi connectivity index (χ2v) is 17.4. The maximum absolute atomic E-state index is 2.42. The summed E-state index contributed by atoms with van der Waals surface area (Å²) < 4.78 is 2.38.